The smallest absolute Gasteiger partial charge is 0.236 e. The number of hydrogen-bond acceptors (Lipinski definition) is 2. The van der Waals surface area contributed by atoms with Crippen molar-refractivity contribution in [3.63, 3.8) is 0 Å². The number of benzene rings is 1. The van der Waals surface area contributed by atoms with E-state index >= 15 is 0 Å². The molecule has 6 heteroatoms. The summed E-state index contributed by atoms with van der Waals surface area (Å²) in [4.78, 5) is 11.7. The first-order chi connectivity index (χ1) is 7.75. The van der Waals surface area contributed by atoms with Crippen LogP contribution in [0.1, 0.15) is 13.8 Å². The molecule has 1 rings (SSSR count). The van der Waals surface area contributed by atoms with Gasteiger partial charge in [0.05, 0.1) is 16.1 Å². The Labute approximate surface area is 103 Å². The Balaban J connectivity index is 2.96. The van der Waals surface area contributed by atoms with E-state index in [-0.39, 0.29) is 10.7 Å². The molecule has 0 saturated carbocycles. The molecule has 0 bridgehead atoms. The van der Waals surface area contributed by atoms with Gasteiger partial charge in [-0.2, -0.15) is 0 Å². The topological polar surface area (TPSA) is 55.1 Å². The van der Waals surface area contributed by atoms with E-state index in [2.05, 4.69) is 5.32 Å². The Bertz CT molecular complexity index is 475. The molecule has 1 aromatic carbocycles. The zero-order chi connectivity index (χ0) is 13.2. The Hall–Kier alpha value is -1.56. The van der Waals surface area contributed by atoms with Crippen molar-refractivity contribution in [3.05, 3.63) is 29.8 Å². The summed E-state index contributed by atoms with van der Waals surface area (Å²) in [6.45, 7) is 3.00. The van der Waals surface area contributed by atoms with Crippen LogP contribution in [-0.4, -0.2) is 10.9 Å². The molecule has 0 atom stereocenters. The van der Waals surface area contributed by atoms with Crippen molar-refractivity contribution >= 4 is 28.8 Å². The van der Waals surface area contributed by atoms with Gasteiger partial charge in [0.2, 0.25) is 5.91 Å². The summed E-state index contributed by atoms with van der Waals surface area (Å²) in [5.74, 6) is -1.96. The lowest BCUT2D eigenvalue weighted by Gasteiger charge is -2.22. The van der Waals surface area contributed by atoms with Gasteiger partial charge in [-0.3, -0.25) is 4.79 Å². The van der Waals surface area contributed by atoms with E-state index < -0.39 is 23.0 Å². The minimum absolute atomic E-state index is 0.0215. The van der Waals surface area contributed by atoms with Gasteiger partial charge in [-0.25, -0.2) is 8.78 Å². The Morgan fingerprint density at radius 3 is 2.53 bits per heavy atom. The van der Waals surface area contributed by atoms with E-state index in [1.54, 1.807) is 0 Å². The van der Waals surface area contributed by atoms with Crippen molar-refractivity contribution in [2.24, 2.45) is 11.1 Å². The zero-order valence-corrected chi connectivity index (χ0v) is 10.2. The Kier molecular flexibility index (Phi) is 3.77. The lowest BCUT2D eigenvalue weighted by atomic mass is 9.92. The molecule has 0 radical (unpaired) electrons. The summed E-state index contributed by atoms with van der Waals surface area (Å²) in [5, 5.41) is 2.25. The van der Waals surface area contributed by atoms with Crippen molar-refractivity contribution in [1.29, 1.82) is 0 Å². The third kappa shape index (κ3) is 2.97. The molecule has 0 aliphatic heterocycles. The van der Waals surface area contributed by atoms with Crippen molar-refractivity contribution in [2.45, 2.75) is 13.8 Å². The highest BCUT2D eigenvalue weighted by Gasteiger charge is 2.31. The van der Waals surface area contributed by atoms with Crippen LogP contribution in [0.15, 0.2) is 18.2 Å². The molecule has 0 aromatic heterocycles. The highest BCUT2D eigenvalue weighted by atomic mass is 32.1. The second kappa shape index (κ2) is 4.75. The summed E-state index contributed by atoms with van der Waals surface area (Å²) in [5.41, 5.74) is 4.03. The fraction of sp³-hybridized carbons (Fsp3) is 0.273. The van der Waals surface area contributed by atoms with E-state index in [9.17, 15) is 13.6 Å². The lowest BCUT2D eigenvalue weighted by molar-refractivity contribution is -0.121. The molecule has 0 aliphatic carbocycles. The van der Waals surface area contributed by atoms with Crippen LogP contribution in [0.3, 0.4) is 0 Å². The quantitative estimate of drug-likeness (QED) is 0.817. The summed E-state index contributed by atoms with van der Waals surface area (Å²) in [7, 11) is 0. The number of amides is 1. The molecule has 1 aromatic rings. The Morgan fingerprint density at radius 1 is 1.41 bits per heavy atom. The van der Waals surface area contributed by atoms with Crippen LogP contribution < -0.4 is 11.1 Å². The molecule has 92 valence electrons. The normalized spacial score (nSPS) is 11.1. The van der Waals surface area contributed by atoms with Crippen molar-refractivity contribution in [2.75, 3.05) is 5.32 Å². The largest absolute Gasteiger partial charge is 0.392 e. The van der Waals surface area contributed by atoms with Crippen LogP contribution >= 0.6 is 12.2 Å². The number of anilines is 1. The number of nitrogens with two attached hydrogens (primary N) is 1. The van der Waals surface area contributed by atoms with Gasteiger partial charge >= 0.3 is 0 Å². The molecule has 0 saturated heterocycles. The van der Waals surface area contributed by atoms with Gasteiger partial charge < -0.3 is 11.1 Å². The molecular formula is C11H12F2N2OS. The van der Waals surface area contributed by atoms with Gasteiger partial charge in [-0.05, 0) is 26.0 Å². The van der Waals surface area contributed by atoms with Crippen LogP contribution in [0.4, 0.5) is 14.5 Å². The highest BCUT2D eigenvalue weighted by Crippen LogP contribution is 2.21. The molecule has 3 N–H and O–H groups in total. The van der Waals surface area contributed by atoms with E-state index in [1.165, 1.54) is 13.8 Å². The maximum atomic E-state index is 13.3. The third-order valence-corrected chi connectivity index (χ3v) is 2.87. The SMILES string of the molecule is CC(C)(C(=O)Nc1cc(F)ccc1F)C(N)=S. The molecule has 3 nitrogen and oxygen atoms in total. The van der Waals surface area contributed by atoms with Gasteiger partial charge in [0, 0.05) is 6.07 Å². The fourth-order valence-corrected chi connectivity index (χ4v) is 1.08. The number of halogens is 2. The standard InChI is InChI=1S/C11H12F2N2OS/c1-11(2,9(14)17)10(16)15-8-5-6(12)3-4-7(8)13/h3-5H,1-2H3,(H2,14,17)(H,15,16). The van der Waals surface area contributed by atoms with Gasteiger partial charge in [-0.15, -0.1) is 0 Å². The predicted octanol–water partition coefficient (Wildman–Crippen LogP) is 2.22. The van der Waals surface area contributed by atoms with Crippen molar-refractivity contribution in [1.82, 2.24) is 0 Å². The maximum Gasteiger partial charge on any atom is 0.236 e. The number of carbonyl (C=O) groups is 1. The first kappa shape index (κ1) is 13.5. The highest BCUT2D eigenvalue weighted by molar-refractivity contribution is 7.80. The predicted molar refractivity (Wildman–Crippen MR) is 65.6 cm³/mol. The maximum absolute atomic E-state index is 13.3. The first-order valence-electron chi connectivity index (χ1n) is 4.81. The summed E-state index contributed by atoms with van der Waals surface area (Å²) in [6, 6.07) is 2.78. The first-order valence-corrected chi connectivity index (χ1v) is 5.22. The monoisotopic (exact) mass is 258 g/mol. The molecule has 0 aliphatic rings. The zero-order valence-electron chi connectivity index (χ0n) is 9.38. The minimum atomic E-state index is -1.13. The average molecular weight is 258 g/mol. The van der Waals surface area contributed by atoms with Crippen molar-refractivity contribution in [3.8, 4) is 0 Å². The molecule has 0 unspecified atom stereocenters. The van der Waals surface area contributed by atoms with Crippen molar-refractivity contribution < 1.29 is 13.6 Å². The molecule has 0 spiro atoms. The van der Waals surface area contributed by atoms with Crippen LogP contribution in [0.25, 0.3) is 0 Å². The summed E-state index contributed by atoms with van der Waals surface area (Å²) < 4.78 is 26.2. The van der Waals surface area contributed by atoms with E-state index in [4.69, 9.17) is 18.0 Å². The van der Waals surface area contributed by atoms with Crippen LogP contribution in [-0.2, 0) is 4.79 Å². The molecule has 0 heterocycles. The Morgan fingerprint density at radius 2 is 2.00 bits per heavy atom. The van der Waals surface area contributed by atoms with Gasteiger partial charge in [0.15, 0.2) is 0 Å². The summed E-state index contributed by atoms with van der Waals surface area (Å²) >= 11 is 4.73. The van der Waals surface area contributed by atoms with Crippen LogP contribution in [0.5, 0.6) is 0 Å². The molecule has 17 heavy (non-hydrogen) atoms. The summed E-state index contributed by atoms with van der Waals surface area (Å²) in [6.07, 6.45) is 0. The van der Waals surface area contributed by atoms with E-state index in [1.807, 2.05) is 0 Å². The average Bonchev–Trinajstić information content (AvgIpc) is 2.23. The van der Waals surface area contributed by atoms with Gasteiger partial charge in [-0.1, -0.05) is 12.2 Å². The number of hydrogen-bond donors (Lipinski definition) is 2. The lowest BCUT2D eigenvalue weighted by Crippen LogP contribution is -2.41. The second-order valence-electron chi connectivity index (χ2n) is 4.07. The van der Waals surface area contributed by atoms with E-state index in [0.717, 1.165) is 18.2 Å². The molecule has 0 fully saturated rings. The van der Waals surface area contributed by atoms with Gasteiger partial charge in [0.25, 0.3) is 0 Å². The molecular weight excluding hydrogens is 246 g/mol. The molecule has 1 amide bonds. The number of carbonyl (C=O) groups excluding carboxylic acids is 1. The van der Waals surface area contributed by atoms with E-state index in [0.29, 0.717) is 0 Å². The van der Waals surface area contributed by atoms with Gasteiger partial charge in [0.1, 0.15) is 11.6 Å². The van der Waals surface area contributed by atoms with Crippen LogP contribution in [0.2, 0.25) is 0 Å². The minimum Gasteiger partial charge on any atom is -0.392 e. The van der Waals surface area contributed by atoms with Crippen LogP contribution in [0, 0.1) is 17.0 Å². The fourth-order valence-electron chi connectivity index (χ4n) is 0.984. The number of thiocarbonyl (C=S) groups is 1. The third-order valence-electron chi connectivity index (χ3n) is 2.36. The number of rotatable bonds is 3. The number of nitrogens with one attached hydrogen (secondary N) is 1. The second-order valence-corrected chi connectivity index (χ2v) is 4.51.